The Labute approximate surface area is 147 Å². The van der Waals surface area contributed by atoms with Gasteiger partial charge in [0.1, 0.15) is 5.60 Å². The molecule has 0 saturated heterocycles. The lowest BCUT2D eigenvalue weighted by atomic mass is 10.1. The molecule has 0 spiro atoms. The highest BCUT2D eigenvalue weighted by Gasteiger charge is 2.34. The number of hydrogen-bond donors (Lipinski definition) is 0. The van der Waals surface area contributed by atoms with Crippen LogP contribution in [0.5, 0.6) is 0 Å². The number of hydrogen-bond acceptors (Lipinski definition) is 5. The van der Waals surface area contributed by atoms with Crippen LogP contribution in [0.1, 0.15) is 41.5 Å². The lowest BCUT2D eigenvalue weighted by Crippen LogP contribution is -2.37. The van der Waals surface area contributed by atoms with Crippen LogP contribution in [-0.4, -0.2) is 66.7 Å². The van der Waals surface area contributed by atoms with Crippen LogP contribution in [0.3, 0.4) is 0 Å². The molecule has 1 aliphatic heterocycles. The fourth-order valence-corrected chi connectivity index (χ4v) is 2.33. The average molecular weight is 348 g/mol. The predicted octanol–water partition coefficient (Wildman–Crippen LogP) is 2.17. The number of amides is 3. The maximum absolute atomic E-state index is 12.2. The third-order valence-corrected chi connectivity index (χ3v) is 3.61. The van der Waals surface area contributed by atoms with Crippen molar-refractivity contribution in [2.45, 2.75) is 26.4 Å². The van der Waals surface area contributed by atoms with Gasteiger partial charge in [0.15, 0.2) is 0 Å². The topological polar surface area (TPSA) is 76.2 Å². The van der Waals surface area contributed by atoms with Gasteiger partial charge in [0.05, 0.1) is 30.9 Å². The van der Waals surface area contributed by atoms with Crippen molar-refractivity contribution in [3.05, 3.63) is 35.4 Å². The normalized spacial score (nSPS) is 13.8. The van der Waals surface area contributed by atoms with Crippen molar-refractivity contribution in [2.75, 3.05) is 33.4 Å². The summed E-state index contributed by atoms with van der Waals surface area (Å²) in [5.41, 5.74) is 0.312. The second kappa shape index (κ2) is 7.65. The van der Waals surface area contributed by atoms with Crippen molar-refractivity contribution in [3.8, 4) is 0 Å². The Morgan fingerprint density at radius 3 is 2.16 bits per heavy atom. The molecule has 0 fully saturated rings. The molecule has 25 heavy (non-hydrogen) atoms. The fourth-order valence-electron chi connectivity index (χ4n) is 2.33. The molecule has 1 aromatic rings. The Kier molecular flexibility index (Phi) is 5.79. The van der Waals surface area contributed by atoms with Gasteiger partial charge in [0.2, 0.25) is 0 Å². The van der Waals surface area contributed by atoms with Gasteiger partial charge in [-0.1, -0.05) is 12.1 Å². The van der Waals surface area contributed by atoms with Crippen molar-refractivity contribution < 1.29 is 23.9 Å². The summed E-state index contributed by atoms with van der Waals surface area (Å²) in [6, 6.07) is 6.76. The first-order valence-electron chi connectivity index (χ1n) is 8.18. The number of carbonyl (C=O) groups is 3. The van der Waals surface area contributed by atoms with Gasteiger partial charge in [-0.05, 0) is 32.9 Å². The Morgan fingerprint density at radius 1 is 1.08 bits per heavy atom. The minimum atomic E-state index is -0.544. The quantitative estimate of drug-likeness (QED) is 0.582. The zero-order valence-corrected chi connectivity index (χ0v) is 15.1. The van der Waals surface area contributed by atoms with Gasteiger partial charge in [-0.3, -0.25) is 14.5 Å². The molecule has 3 amide bonds. The third kappa shape index (κ3) is 4.79. The molecule has 1 aliphatic rings. The maximum Gasteiger partial charge on any atom is 0.410 e. The molecule has 0 bridgehead atoms. The van der Waals surface area contributed by atoms with Gasteiger partial charge >= 0.3 is 6.09 Å². The van der Waals surface area contributed by atoms with E-state index in [2.05, 4.69) is 0 Å². The fraction of sp³-hybridized carbons (Fsp3) is 0.500. The lowest BCUT2D eigenvalue weighted by molar-refractivity contribution is 0.0223. The zero-order valence-electron chi connectivity index (χ0n) is 15.1. The van der Waals surface area contributed by atoms with E-state index in [0.717, 1.165) is 0 Å². The van der Waals surface area contributed by atoms with Crippen LogP contribution in [0.2, 0.25) is 0 Å². The van der Waals surface area contributed by atoms with Gasteiger partial charge in [0.25, 0.3) is 11.8 Å². The van der Waals surface area contributed by atoms with E-state index in [1.807, 2.05) is 0 Å². The molecular weight excluding hydrogens is 324 g/mol. The minimum Gasteiger partial charge on any atom is -0.444 e. The molecule has 2 rings (SSSR count). The number of imide groups is 1. The largest absolute Gasteiger partial charge is 0.444 e. The highest BCUT2D eigenvalue weighted by atomic mass is 16.6. The number of ether oxygens (including phenoxy) is 2. The average Bonchev–Trinajstić information content (AvgIpc) is 2.78. The first-order valence-corrected chi connectivity index (χ1v) is 8.18. The van der Waals surface area contributed by atoms with E-state index in [-0.39, 0.29) is 25.0 Å². The standard InChI is InChI=1S/C18H24N2O5/c1-18(2,3)25-17(23)19(4)9-11-24-12-10-20-15(21)13-7-5-6-8-14(13)16(20)22/h5-8H,9-12H2,1-4H3. The molecule has 7 nitrogen and oxygen atoms in total. The van der Waals surface area contributed by atoms with Crippen LogP contribution in [0.25, 0.3) is 0 Å². The summed E-state index contributed by atoms with van der Waals surface area (Å²) >= 11 is 0. The lowest BCUT2D eigenvalue weighted by Gasteiger charge is -2.24. The Morgan fingerprint density at radius 2 is 1.64 bits per heavy atom. The number of benzene rings is 1. The van der Waals surface area contributed by atoms with Crippen LogP contribution >= 0.6 is 0 Å². The van der Waals surface area contributed by atoms with Crippen molar-refractivity contribution in [3.63, 3.8) is 0 Å². The van der Waals surface area contributed by atoms with Gasteiger partial charge in [0, 0.05) is 13.6 Å². The van der Waals surface area contributed by atoms with Crippen molar-refractivity contribution in [1.82, 2.24) is 9.80 Å². The molecule has 0 atom stereocenters. The highest BCUT2D eigenvalue weighted by molar-refractivity contribution is 6.21. The first-order chi connectivity index (χ1) is 11.7. The van der Waals surface area contributed by atoms with Gasteiger partial charge in [-0.25, -0.2) is 4.79 Å². The van der Waals surface area contributed by atoms with Crippen molar-refractivity contribution in [1.29, 1.82) is 0 Å². The second-order valence-corrected chi connectivity index (χ2v) is 6.82. The van der Waals surface area contributed by atoms with Crippen LogP contribution < -0.4 is 0 Å². The number of likely N-dealkylation sites (N-methyl/N-ethyl adjacent to an activating group) is 1. The van der Waals surface area contributed by atoms with E-state index in [1.54, 1.807) is 52.1 Å². The number of rotatable bonds is 6. The summed E-state index contributed by atoms with van der Waals surface area (Å²) in [6.45, 7) is 6.46. The Balaban J connectivity index is 1.71. The molecule has 1 aromatic carbocycles. The summed E-state index contributed by atoms with van der Waals surface area (Å²) in [6.07, 6.45) is -0.420. The molecule has 0 radical (unpaired) electrons. The summed E-state index contributed by atoms with van der Waals surface area (Å²) in [5, 5.41) is 0. The summed E-state index contributed by atoms with van der Waals surface area (Å²) < 4.78 is 10.7. The first kappa shape index (κ1) is 18.9. The summed E-state index contributed by atoms with van der Waals surface area (Å²) in [5.74, 6) is -0.592. The molecule has 7 heteroatoms. The van der Waals surface area contributed by atoms with Gasteiger partial charge in [-0.2, -0.15) is 0 Å². The summed E-state index contributed by atoms with van der Waals surface area (Å²) in [7, 11) is 1.63. The molecule has 136 valence electrons. The van der Waals surface area contributed by atoms with E-state index < -0.39 is 11.7 Å². The van der Waals surface area contributed by atoms with Crippen molar-refractivity contribution >= 4 is 17.9 Å². The minimum absolute atomic E-state index is 0.183. The van der Waals surface area contributed by atoms with Crippen LogP contribution in [0.4, 0.5) is 4.79 Å². The monoisotopic (exact) mass is 348 g/mol. The second-order valence-electron chi connectivity index (χ2n) is 6.82. The van der Waals surface area contributed by atoms with E-state index in [9.17, 15) is 14.4 Å². The van der Waals surface area contributed by atoms with E-state index in [0.29, 0.717) is 24.3 Å². The number of carbonyl (C=O) groups excluding carboxylic acids is 3. The van der Waals surface area contributed by atoms with Gasteiger partial charge < -0.3 is 14.4 Å². The molecule has 0 saturated carbocycles. The van der Waals surface area contributed by atoms with E-state index in [4.69, 9.17) is 9.47 Å². The molecule has 1 heterocycles. The van der Waals surface area contributed by atoms with Crippen molar-refractivity contribution in [2.24, 2.45) is 0 Å². The van der Waals surface area contributed by atoms with E-state index in [1.165, 1.54) is 9.80 Å². The smallest absolute Gasteiger partial charge is 0.410 e. The van der Waals surface area contributed by atoms with E-state index >= 15 is 0 Å². The zero-order chi connectivity index (χ0) is 18.6. The molecule has 0 aliphatic carbocycles. The highest BCUT2D eigenvalue weighted by Crippen LogP contribution is 2.21. The van der Waals surface area contributed by atoms with Crippen LogP contribution in [-0.2, 0) is 9.47 Å². The SMILES string of the molecule is CN(CCOCCN1C(=O)c2ccccc2C1=O)C(=O)OC(C)(C)C. The summed E-state index contributed by atoms with van der Waals surface area (Å²) in [4.78, 5) is 38.8. The number of nitrogens with zero attached hydrogens (tertiary/aromatic N) is 2. The Hall–Kier alpha value is -2.41. The van der Waals surface area contributed by atoms with Crippen LogP contribution in [0.15, 0.2) is 24.3 Å². The maximum atomic E-state index is 12.2. The molecule has 0 aromatic heterocycles. The third-order valence-electron chi connectivity index (χ3n) is 3.61. The molecule has 0 unspecified atom stereocenters. The molecular formula is C18H24N2O5. The number of fused-ring (bicyclic) bond motifs is 1. The Bertz CT molecular complexity index is 631. The van der Waals surface area contributed by atoms with Crippen LogP contribution in [0, 0.1) is 0 Å². The van der Waals surface area contributed by atoms with Gasteiger partial charge in [-0.15, -0.1) is 0 Å². The molecule has 0 N–H and O–H groups in total. The predicted molar refractivity (Wildman–Crippen MR) is 91.5 cm³/mol.